The first-order valence-corrected chi connectivity index (χ1v) is 6.45. The summed E-state index contributed by atoms with van der Waals surface area (Å²) >= 11 is 6.01. The van der Waals surface area contributed by atoms with E-state index in [4.69, 9.17) is 11.6 Å². The van der Waals surface area contributed by atoms with Crippen LogP contribution in [0, 0.1) is 0 Å². The van der Waals surface area contributed by atoms with Gasteiger partial charge in [-0.25, -0.2) is 0 Å². The Hall–Kier alpha value is -1.46. The Morgan fingerprint density at radius 3 is 3.17 bits per heavy atom. The molecule has 3 heterocycles. The molecular formula is C12H14ClN5. The molecule has 18 heavy (non-hydrogen) atoms. The van der Waals surface area contributed by atoms with E-state index in [1.165, 1.54) is 12.8 Å². The van der Waals surface area contributed by atoms with E-state index >= 15 is 0 Å². The number of rotatable bonds is 3. The van der Waals surface area contributed by atoms with Gasteiger partial charge in [0, 0.05) is 35.8 Å². The second-order valence-electron chi connectivity index (χ2n) is 4.43. The number of nitrogens with zero attached hydrogens (tertiary/aromatic N) is 3. The van der Waals surface area contributed by atoms with Gasteiger partial charge in [-0.15, -0.1) is 10.2 Å². The molecule has 1 unspecified atom stereocenters. The number of halogens is 1. The molecular weight excluding hydrogens is 250 g/mol. The average molecular weight is 264 g/mol. The monoisotopic (exact) mass is 263 g/mol. The van der Waals surface area contributed by atoms with Gasteiger partial charge in [0.05, 0.1) is 0 Å². The number of pyridine rings is 1. The smallest absolute Gasteiger partial charge is 0.159 e. The molecule has 0 bridgehead atoms. The first-order valence-electron chi connectivity index (χ1n) is 6.08. The summed E-state index contributed by atoms with van der Waals surface area (Å²) in [7, 11) is 0. The molecule has 2 aromatic rings. The van der Waals surface area contributed by atoms with Gasteiger partial charge in [0.2, 0.25) is 0 Å². The van der Waals surface area contributed by atoms with E-state index in [0.29, 0.717) is 11.2 Å². The van der Waals surface area contributed by atoms with Crippen LogP contribution in [-0.2, 0) is 0 Å². The second kappa shape index (κ2) is 5.04. The predicted octanol–water partition coefficient (Wildman–Crippen LogP) is 1.84. The van der Waals surface area contributed by atoms with Gasteiger partial charge in [0.15, 0.2) is 11.0 Å². The maximum absolute atomic E-state index is 6.01. The van der Waals surface area contributed by atoms with E-state index < -0.39 is 0 Å². The lowest BCUT2D eigenvalue weighted by Crippen LogP contribution is -2.29. The van der Waals surface area contributed by atoms with Gasteiger partial charge in [0.25, 0.3) is 0 Å². The first-order chi connectivity index (χ1) is 8.84. The van der Waals surface area contributed by atoms with Crippen LogP contribution in [0.5, 0.6) is 0 Å². The minimum atomic E-state index is 0.414. The fourth-order valence-corrected chi connectivity index (χ4v) is 2.45. The first kappa shape index (κ1) is 11.6. The summed E-state index contributed by atoms with van der Waals surface area (Å²) in [5, 5.41) is 17.0. The highest BCUT2D eigenvalue weighted by Crippen LogP contribution is 2.24. The van der Waals surface area contributed by atoms with Gasteiger partial charge in [-0.1, -0.05) is 11.6 Å². The lowest BCUT2D eigenvalue weighted by Gasteiger charge is -2.13. The minimum Gasteiger partial charge on any atom is -0.366 e. The number of aromatic nitrogens is 3. The molecule has 0 saturated carbocycles. The zero-order valence-electron chi connectivity index (χ0n) is 9.86. The number of fused-ring (bicyclic) bond motifs is 1. The molecule has 2 aromatic heterocycles. The Balaban J connectivity index is 1.85. The van der Waals surface area contributed by atoms with E-state index in [2.05, 4.69) is 25.8 Å². The van der Waals surface area contributed by atoms with Crippen molar-refractivity contribution in [3.05, 3.63) is 23.6 Å². The third-order valence-corrected chi connectivity index (χ3v) is 3.49. The Morgan fingerprint density at radius 2 is 2.33 bits per heavy atom. The van der Waals surface area contributed by atoms with Gasteiger partial charge in [-0.2, -0.15) is 0 Å². The van der Waals surface area contributed by atoms with Crippen LogP contribution in [0.4, 0.5) is 5.82 Å². The maximum atomic E-state index is 6.01. The van der Waals surface area contributed by atoms with E-state index in [1.54, 1.807) is 12.4 Å². The van der Waals surface area contributed by atoms with Crippen LogP contribution in [0.1, 0.15) is 12.8 Å². The molecule has 1 aliphatic rings. The number of hydrogen-bond acceptors (Lipinski definition) is 5. The summed E-state index contributed by atoms with van der Waals surface area (Å²) < 4.78 is 0. The van der Waals surface area contributed by atoms with Crippen LogP contribution in [0.15, 0.2) is 18.5 Å². The summed E-state index contributed by atoms with van der Waals surface area (Å²) in [5.74, 6) is 0.746. The molecule has 1 atom stereocenters. The summed E-state index contributed by atoms with van der Waals surface area (Å²) in [5.41, 5.74) is 0. The van der Waals surface area contributed by atoms with E-state index in [9.17, 15) is 0 Å². The van der Waals surface area contributed by atoms with Crippen LogP contribution < -0.4 is 10.6 Å². The van der Waals surface area contributed by atoms with Crippen molar-refractivity contribution >= 4 is 28.2 Å². The Kier molecular flexibility index (Phi) is 3.25. The summed E-state index contributed by atoms with van der Waals surface area (Å²) in [6.07, 6.45) is 5.91. The van der Waals surface area contributed by atoms with Gasteiger partial charge in [-0.3, -0.25) is 4.98 Å². The van der Waals surface area contributed by atoms with Crippen LogP contribution >= 0.6 is 11.6 Å². The standard InChI is InChI=1S/C12H14ClN5/c13-11-9-3-5-14-7-10(9)12(18-17-11)16-6-8-2-1-4-15-8/h3,5,7-8,15H,1-2,4,6H2,(H,16,18). The lowest BCUT2D eigenvalue weighted by molar-refractivity contribution is 0.632. The molecule has 0 radical (unpaired) electrons. The van der Waals surface area contributed by atoms with Gasteiger partial charge in [-0.05, 0) is 25.5 Å². The molecule has 5 nitrogen and oxygen atoms in total. The van der Waals surface area contributed by atoms with E-state index in [1.807, 2.05) is 6.07 Å². The quantitative estimate of drug-likeness (QED) is 0.885. The Morgan fingerprint density at radius 1 is 1.39 bits per heavy atom. The van der Waals surface area contributed by atoms with Crippen molar-refractivity contribution in [1.82, 2.24) is 20.5 Å². The molecule has 1 aliphatic heterocycles. The van der Waals surface area contributed by atoms with Crippen LogP contribution in [0.25, 0.3) is 10.8 Å². The van der Waals surface area contributed by atoms with Crippen molar-refractivity contribution in [3.63, 3.8) is 0 Å². The molecule has 6 heteroatoms. The molecule has 94 valence electrons. The number of hydrogen-bond donors (Lipinski definition) is 2. The lowest BCUT2D eigenvalue weighted by atomic mass is 10.2. The van der Waals surface area contributed by atoms with Crippen molar-refractivity contribution < 1.29 is 0 Å². The largest absolute Gasteiger partial charge is 0.366 e. The van der Waals surface area contributed by atoms with Crippen molar-refractivity contribution in [1.29, 1.82) is 0 Å². The highest BCUT2D eigenvalue weighted by molar-refractivity contribution is 6.34. The molecule has 1 saturated heterocycles. The average Bonchev–Trinajstić information content (AvgIpc) is 2.92. The zero-order valence-corrected chi connectivity index (χ0v) is 10.6. The van der Waals surface area contributed by atoms with Gasteiger partial charge >= 0.3 is 0 Å². The molecule has 0 aliphatic carbocycles. The number of anilines is 1. The van der Waals surface area contributed by atoms with Gasteiger partial charge < -0.3 is 10.6 Å². The second-order valence-corrected chi connectivity index (χ2v) is 4.79. The van der Waals surface area contributed by atoms with Gasteiger partial charge in [0.1, 0.15) is 0 Å². The van der Waals surface area contributed by atoms with E-state index in [-0.39, 0.29) is 0 Å². The van der Waals surface area contributed by atoms with Crippen LogP contribution in [-0.4, -0.2) is 34.3 Å². The predicted molar refractivity (Wildman–Crippen MR) is 71.9 cm³/mol. The normalized spacial score (nSPS) is 19.3. The fourth-order valence-electron chi connectivity index (χ4n) is 2.25. The minimum absolute atomic E-state index is 0.414. The third-order valence-electron chi connectivity index (χ3n) is 3.21. The topological polar surface area (TPSA) is 62.7 Å². The Bertz CT molecular complexity index is 553. The maximum Gasteiger partial charge on any atom is 0.159 e. The SMILES string of the molecule is Clc1nnc(NCC2CCCN2)c2cnccc12. The van der Waals surface area contributed by atoms with Crippen LogP contribution in [0.2, 0.25) is 5.15 Å². The molecule has 1 fully saturated rings. The fraction of sp³-hybridized carbons (Fsp3) is 0.417. The van der Waals surface area contributed by atoms with Crippen molar-refractivity contribution in [2.75, 3.05) is 18.4 Å². The van der Waals surface area contributed by atoms with Crippen molar-refractivity contribution in [2.45, 2.75) is 18.9 Å². The number of nitrogens with one attached hydrogen (secondary N) is 2. The summed E-state index contributed by atoms with van der Waals surface area (Å²) in [4.78, 5) is 4.11. The molecule has 0 amide bonds. The van der Waals surface area contributed by atoms with Crippen molar-refractivity contribution in [2.24, 2.45) is 0 Å². The molecule has 0 spiro atoms. The molecule has 2 N–H and O–H groups in total. The summed E-state index contributed by atoms with van der Waals surface area (Å²) in [6, 6.07) is 2.36. The third kappa shape index (κ3) is 2.23. The summed E-state index contributed by atoms with van der Waals surface area (Å²) in [6.45, 7) is 1.95. The highest BCUT2D eigenvalue weighted by atomic mass is 35.5. The molecule has 3 rings (SSSR count). The highest BCUT2D eigenvalue weighted by Gasteiger charge is 2.14. The van der Waals surface area contributed by atoms with E-state index in [0.717, 1.165) is 29.7 Å². The molecule has 0 aromatic carbocycles. The van der Waals surface area contributed by atoms with Crippen LogP contribution in [0.3, 0.4) is 0 Å². The van der Waals surface area contributed by atoms with Crippen molar-refractivity contribution in [3.8, 4) is 0 Å². The Labute approximate surface area is 110 Å². The zero-order chi connectivity index (χ0) is 12.4.